The van der Waals surface area contributed by atoms with Crippen molar-refractivity contribution in [3.8, 4) is 11.8 Å². The van der Waals surface area contributed by atoms with Crippen molar-refractivity contribution in [2.45, 2.75) is 26.6 Å². The molecule has 1 rings (SSSR count). The van der Waals surface area contributed by atoms with Gasteiger partial charge in [0, 0.05) is 0 Å². The highest BCUT2D eigenvalue weighted by Gasteiger charge is 2.34. The van der Waals surface area contributed by atoms with E-state index in [1.807, 2.05) is 0 Å². The Balaban J connectivity index is 3.41. The van der Waals surface area contributed by atoms with Gasteiger partial charge in [-0.05, 0) is 25.0 Å². The van der Waals surface area contributed by atoms with Crippen LogP contribution in [0.2, 0.25) is 0 Å². The molecule has 0 amide bonds. The van der Waals surface area contributed by atoms with E-state index >= 15 is 0 Å². The average Bonchev–Trinajstić information content (AvgIpc) is 2.36. The van der Waals surface area contributed by atoms with Gasteiger partial charge >= 0.3 is 12.3 Å². The van der Waals surface area contributed by atoms with E-state index in [9.17, 15) is 18.0 Å². The molecule has 20 heavy (non-hydrogen) atoms. The van der Waals surface area contributed by atoms with Gasteiger partial charge in [0.25, 0.3) is 0 Å². The standard InChI is InChI=1S/C13H12F3NO3/c1-3-8-5-6-9(12(18)19-4-2)10(7-17)11(8)20-13(14,15)16/h5-6H,3-4H2,1-2H3. The van der Waals surface area contributed by atoms with E-state index in [2.05, 4.69) is 4.74 Å². The van der Waals surface area contributed by atoms with Crippen LogP contribution in [0, 0.1) is 11.3 Å². The van der Waals surface area contributed by atoms with E-state index in [0.29, 0.717) is 0 Å². The van der Waals surface area contributed by atoms with E-state index in [1.165, 1.54) is 12.1 Å². The van der Waals surface area contributed by atoms with Gasteiger partial charge in [-0.2, -0.15) is 5.26 Å². The van der Waals surface area contributed by atoms with Gasteiger partial charge in [0.05, 0.1) is 12.2 Å². The minimum absolute atomic E-state index is 0.0503. The van der Waals surface area contributed by atoms with Crippen molar-refractivity contribution >= 4 is 5.97 Å². The van der Waals surface area contributed by atoms with Crippen molar-refractivity contribution < 1.29 is 27.4 Å². The number of halogens is 3. The lowest BCUT2D eigenvalue weighted by molar-refractivity contribution is -0.275. The van der Waals surface area contributed by atoms with E-state index in [1.54, 1.807) is 19.9 Å². The first kappa shape index (κ1) is 15.8. The number of carbonyl (C=O) groups excluding carboxylic acids is 1. The number of rotatable bonds is 4. The van der Waals surface area contributed by atoms with Crippen LogP contribution in [0.25, 0.3) is 0 Å². The molecule has 0 N–H and O–H groups in total. The number of aryl methyl sites for hydroxylation is 1. The lowest BCUT2D eigenvalue weighted by Crippen LogP contribution is -2.20. The number of benzene rings is 1. The molecule has 0 saturated heterocycles. The summed E-state index contributed by atoms with van der Waals surface area (Å²) in [7, 11) is 0. The summed E-state index contributed by atoms with van der Waals surface area (Å²) in [5, 5.41) is 9.03. The summed E-state index contributed by atoms with van der Waals surface area (Å²) in [6.45, 7) is 3.22. The molecular weight excluding hydrogens is 275 g/mol. The molecule has 7 heteroatoms. The number of carbonyl (C=O) groups is 1. The largest absolute Gasteiger partial charge is 0.573 e. The van der Waals surface area contributed by atoms with Crippen molar-refractivity contribution in [1.82, 2.24) is 0 Å². The maximum Gasteiger partial charge on any atom is 0.573 e. The molecule has 4 nitrogen and oxygen atoms in total. The molecule has 0 spiro atoms. The minimum Gasteiger partial charge on any atom is -0.462 e. The number of hydrogen-bond donors (Lipinski definition) is 0. The Bertz CT molecular complexity index is 547. The zero-order chi connectivity index (χ0) is 15.3. The van der Waals surface area contributed by atoms with Gasteiger partial charge in [-0.3, -0.25) is 0 Å². The predicted octanol–water partition coefficient (Wildman–Crippen LogP) is 3.20. The number of hydrogen-bond acceptors (Lipinski definition) is 4. The van der Waals surface area contributed by atoms with Crippen LogP contribution in [0.4, 0.5) is 13.2 Å². The van der Waals surface area contributed by atoms with Crippen LogP contribution in [-0.2, 0) is 11.2 Å². The topological polar surface area (TPSA) is 59.3 Å². The quantitative estimate of drug-likeness (QED) is 0.798. The van der Waals surface area contributed by atoms with E-state index < -0.39 is 23.6 Å². The van der Waals surface area contributed by atoms with Gasteiger partial charge < -0.3 is 9.47 Å². The highest BCUT2D eigenvalue weighted by molar-refractivity contribution is 5.93. The van der Waals surface area contributed by atoms with Crippen molar-refractivity contribution in [2.75, 3.05) is 6.61 Å². The fraction of sp³-hybridized carbons (Fsp3) is 0.385. The Kier molecular flexibility index (Phi) is 4.97. The number of nitrogens with zero attached hydrogens (tertiary/aromatic N) is 1. The summed E-state index contributed by atoms with van der Waals surface area (Å²) in [4.78, 5) is 11.6. The molecule has 1 aromatic carbocycles. The minimum atomic E-state index is -4.94. The van der Waals surface area contributed by atoms with Gasteiger partial charge in [-0.25, -0.2) is 4.79 Å². The summed E-state index contributed by atoms with van der Waals surface area (Å²) in [6.07, 6.45) is -4.72. The van der Waals surface area contributed by atoms with Gasteiger partial charge in [0.2, 0.25) is 0 Å². The van der Waals surface area contributed by atoms with Crippen LogP contribution in [0.3, 0.4) is 0 Å². The van der Waals surface area contributed by atoms with Crippen LogP contribution in [0.1, 0.15) is 35.3 Å². The van der Waals surface area contributed by atoms with Crippen molar-refractivity contribution in [3.05, 3.63) is 28.8 Å². The molecule has 108 valence electrons. The smallest absolute Gasteiger partial charge is 0.462 e. The molecule has 0 heterocycles. The van der Waals surface area contributed by atoms with Gasteiger partial charge in [-0.1, -0.05) is 13.0 Å². The highest BCUT2D eigenvalue weighted by atomic mass is 19.4. The van der Waals surface area contributed by atoms with Crippen molar-refractivity contribution in [1.29, 1.82) is 5.26 Å². The molecule has 0 fully saturated rings. The molecule has 0 unspecified atom stereocenters. The molecule has 0 aliphatic heterocycles. The highest BCUT2D eigenvalue weighted by Crippen LogP contribution is 2.32. The maximum absolute atomic E-state index is 12.4. The Morgan fingerprint density at radius 1 is 1.35 bits per heavy atom. The summed E-state index contributed by atoms with van der Waals surface area (Å²) >= 11 is 0. The molecule has 0 aliphatic carbocycles. The van der Waals surface area contributed by atoms with Crippen molar-refractivity contribution in [2.24, 2.45) is 0 Å². The Morgan fingerprint density at radius 3 is 2.45 bits per heavy atom. The van der Waals surface area contributed by atoms with Crippen LogP contribution in [0.5, 0.6) is 5.75 Å². The maximum atomic E-state index is 12.4. The fourth-order valence-electron chi connectivity index (χ4n) is 1.63. The molecule has 0 aromatic heterocycles. The second-order valence-corrected chi connectivity index (χ2v) is 3.71. The molecule has 0 atom stereocenters. The van der Waals surface area contributed by atoms with Crippen LogP contribution < -0.4 is 4.74 Å². The van der Waals surface area contributed by atoms with E-state index in [-0.39, 0.29) is 24.2 Å². The first-order valence-corrected chi connectivity index (χ1v) is 5.82. The summed E-state index contributed by atoms with van der Waals surface area (Å²) in [5.74, 6) is -1.51. The fourth-order valence-corrected chi connectivity index (χ4v) is 1.63. The SMILES string of the molecule is CCOC(=O)c1ccc(CC)c(OC(F)(F)F)c1C#N. The Hall–Kier alpha value is -2.23. The third kappa shape index (κ3) is 3.63. The molecule has 0 aliphatic rings. The molecule has 0 saturated carbocycles. The lowest BCUT2D eigenvalue weighted by atomic mass is 10.0. The molecule has 0 bridgehead atoms. The summed E-state index contributed by atoms with van der Waals surface area (Å²) in [6, 6.07) is 4.15. The molecular formula is C13H12F3NO3. The Labute approximate surface area is 113 Å². The summed E-state index contributed by atoms with van der Waals surface area (Å²) in [5.41, 5.74) is -0.530. The first-order valence-electron chi connectivity index (χ1n) is 5.82. The summed E-state index contributed by atoms with van der Waals surface area (Å²) < 4.78 is 45.8. The lowest BCUT2D eigenvalue weighted by Gasteiger charge is -2.15. The normalized spacial score (nSPS) is 10.8. The zero-order valence-electron chi connectivity index (χ0n) is 10.9. The number of ether oxygens (including phenoxy) is 2. The van der Waals surface area contributed by atoms with Crippen LogP contribution in [-0.4, -0.2) is 18.9 Å². The molecule has 1 aromatic rings. The van der Waals surface area contributed by atoms with Crippen LogP contribution in [0.15, 0.2) is 12.1 Å². The predicted molar refractivity (Wildman–Crippen MR) is 63.2 cm³/mol. The number of nitriles is 1. The van der Waals surface area contributed by atoms with Crippen LogP contribution >= 0.6 is 0 Å². The monoisotopic (exact) mass is 287 g/mol. The first-order chi connectivity index (χ1) is 9.34. The van der Waals surface area contributed by atoms with Gasteiger partial charge in [0.1, 0.15) is 11.6 Å². The third-order valence-electron chi connectivity index (χ3n) is 2.45. The third-order valence-corrected chi connectivity index (χ3v) is 2.45. The van der Waals surface area contributed by atoms with Crippen molar-refractivity contribution in [3.63, 3.8) is 0 Å². The Morgan fingerprint density at radius 2 is 2.00 bits per heavy atom. The number of esters is 1. The van der Waals surface area contributed by atoms with Gasteiger partial charge in [-0.15, -0.1) is 13.2 Å². The average molecular weight is 287 g/mol. The second-order valence-electron chi connectivity index (χ2n) is 3.71. The number of alkyl halides is 3. The zero-order valence-corrected chi connectivity index (χ0v) is 10.9. The second kappa shape index (κ2) is 6.28. The van der Waals surface area contributed by atoms with E-state index in [4.69, 9.17) is 10.00 Å². The van der Waals surface area contributed by atoms with E-state index in [0.717, 1.165) is 0 Å². The molecule has 0 radical (unpaired) electrons. The van der Waals surface area contributed by atoms with Gasteiger partial charge in [0.15, 0.2) is 5.75 Å².